The second-order valence-electron chi connectivity index (χ2n) is 4.58. The highest BCUT2D eigenvalue weighted by molar-refractivity contribution is 6.31. The normalized spacial score (nSPS) is 13.0. The van der Waals surface area contributed by atoms with Crippen LogP contribution in [-0.2, 0) is 6.42 Å². The highest BCUT2D eigenvalue weighted by Gasteiger charge is 2.18. The lowest BCUT2D eigenvalue weighted by Crippen LogP contribution is -2.23. The Kier molecular flexibility index (Phi) is 6.53. The SMILES string of the molecule is CCCC(CCC)C(O)Cc1ccncc1Cl. The third-order valence-electron chi connectivity index (χ3n) is 3.15. The maximum atomic E-state index is 10.3. The Morgan fingerprint density at radius 3 is 2.47 bits per heavy atom. The summed E-state index contributed by atoms with van der Waals surface area (Å²) in [6.07, 6.45) is 8.09. The van der Waals surface area contributed by atoms with Crippen molar-refractivity contribution in [2.75, 3.05) is 0 Å². The maximum Gasteiger partial charge on any atom is 0.0622 e. The Balaban J connectivity index is 2.62. The topological polar surface area (TPSA) is 33.1 Å². The molecule has 0 aliphatic carbocycles. The number of aliphatic hydroxyl groups is 1. The Hall–Kier alpha value is -0.600. The van der Waals surface area contributed by atoms with Gasteiger partial charge >= 0.3 is 0 Å². The zero-order valence-corrected chi connectivity index (χ0v) is 11.5. The van der Waals surface area contributed by atoms with Crippen LogP contribution in [0, 0.1) is 5.92 Å². The number of aliphatic hydroxyl groups excluding tert-OH is 1. The lowest BCUT2D eigenvalue weighted by molar-refractivity contribution is 0.0963. The van der Waals surface area contributed by atoms with Gasteiger partial charge in [-0.15, -0.1) is 0 Å². The van der Waals surface area contributed by atoms with Crippen molar-refractivity contribution in [2.45, 2.75) is 52.1 Å². The van der Waals surface area contributed by atoms with Crippen LogP contribution in [0.2, 0.25) is 5.02 Å². The fourth-order valence-corrected chi connectivity index (χ4v) is 2.43. The molecule has 0 saturated heterocycles. The van der Waals surface area contributed by atoms with E-state index in [9.17, 15) is 5.11 Å². The van der Waals surface area contributed by atoms with E-state index in [1.54, 1.807) is 12.4 Å². The summed E-state index contributed by atoms with van der Waals surface area (Å²) in [6, 6.07) is 1.89. The van der Waals surface area contributed by atoms with Crippen molar-refractivity contribution >= 4 is 11.6 Å². The minimum atomic E-state index is -0.296. The molecule has 3 heteroatoms. The van der Waals surface area contributed by atoms with Gasteiger partial charge in [0, 0.05) is 18.8 Å². The van der Waals surface area contributed by atoms with Crippen molar-refractivity contribution in [3.05, 3.63) is 29.0 Å². The molecular formula is C14H22ClNO. The summed E-state index contributed by atoms with van der Waals surface area (Å²) >= 11 is 6.05. The number of aromatic nitrogens is 1. The van der Waals surface area contributed by atoms with E-state index < -0.39 is 0 Å². The number of hydrogen-bond acceptors (Lipinski definition) is 2. The number of pyridine rings is 1. The molecule has 0 bridgehead atoms. The van der Waals surface area contributed by atoms with E-state index in [-0.39, 0.29) is 6.10 Å². The average Bonchev–Trinajstić information content (AvgIpc) is 2.32. The van der Waals surface area contributed by atoms with Crippen LogP contribution in [0.5, 0.6) is 0 Å². The molecule has 0 saturated carbocycles. The van der Waals surface area contributed by atoms with E-state index in [2.05, 4.69) is 18.8 Å². The first-order valence-electron chi connectivity index (χ1n) is 6.45. The number of rotatable bonds is 7. The molecule has 1 atom stereocenters. The lowest BCUT2D eigenvalue weighted by Gasteiger charge is -2.22. The van der Waals surface area contributed by atoms with Crippen molar-refractivity contribution in [3.63, 3.8) is 0 Å². The summed E-state index contributed by atoms with van der Waals surface area (Å²) in [5.41, 5.74) is 0.992. The molecule has 2 nitrogen and oxygen atoms in total. The maximum absolute atomic E-state index is 10.3. The van der Waals surface area contributed by atoms with Crippen LogP contribution in [0.1, 0.15) is 45.1 Å². The molecule has 1 aromatic heterocycles. The van der Waals surface area contributed by atoms with Crippen LogP contribution in [0.25, 0.3) is 0 Å². The first-order valence-corrected chi connectivity index (χ1v) is 6.83. The van der Waals surface area contributed by atoms with Crippen LogP contribution in [0.15, 0.2) is 18.5 Å². The molecule has 0 amide bonds. The van der Waals surface area contributed by atoms with Crippen molar-refractivity contribution in [2.24, 2.45) is 5.92 Å². The molecule has 1 rings (SSSR count). The highest BCUT2D eigenvalue weighted by Crippen LogP contribution is 2.23. The molecule has 0 radical (unpaired) electrons. The van der Waals surface area contributed by atoms with E-state index in [1.165, 1.54) is 0 Å². The summed E-state index contributed by atoms with van der Waals surface area (Å²) in [5.74, 6) is 0.384. The second kappa shape index (κ2) is 7.67. The van der Waals surface area contributed by atoms with Crippen molar-refractivity contribution in [1.29, 1.82) is 0 Å². The van der Waals surface area contributed by atoms with Gasteiger partial charge in [0.25, 0.3) is 0 Å². The first kappa shape index (κ1) is 14.5. The summed E-state index contributed by atoms with van der Waals surface area (Å²) in [7, 11) is 0. The largest absolute Gasteiger partial charge is 0.392 e. The Morgan fingerprint density at radius 1 is 1.29 bits per heavy atom. The molecule has 0 fully saturated rings. The third kappa shape index (κ3) is 4.64. The van der Waals surface area contributed by atoms with Gasteiger partial charge in [-0.3, -0.25) is 4.98 Å². The summed E-state index contributed by atoms with van der Waals surface area (Å²) in [6.45, 7) is 4.32. The van der Waals surface area contributed by atoms with Gasteiger partial charge < -0.3 is 5.11 Å². The highest BCUT2D eigenvalue weighted by atomic mass is 35.5. The average molecular weight is 256 g/mol. The van der Waals surface area contributed by atoms with Crippen LogP contribution >= 0.6 is 11.6 Å². The second-order valence-corrected chi connectivity index (χ2v) is 4.98. The van der Waals surface area contributed by atoms with Crippen LogP contribution in [0.4, 0.5) is 0 Å². The summed E-state index contributed by atoms with van der Waals surface area (Å²) in [5, 5.41) is 10.9. The zero-order valence-electron chi connectivity index (χ0n) is 10.7. The molecule has 17 heavy (non-hydrogen) atoms. The quantitative estimate of drug-likeness (QED) is 0.803. The molecule has 1 aromatic rings. The Labute approximate surface area is 109 Å². The molecule has 1 heterocycles. The molecule has 0 aliphatic rings. The smallest absolute Gasteiger partial charge is 0.0622 e. The molecule has 0 aromatic carbocycles. The Bertz CT molecular complexity index is 324. The van der Waals surface area contributed by atoms with E-state index in [4.69, 9.17) is 11.6 Å². The van der Waals surface area contributed by atoms with Gasteiger partial charge in [-0.05, 0) is 30.4 Å². The standard InChI is InChI=1S/C14H22ClNO/c1-3-5-11(6-4-2)14(17)9-12-7-8-16-10-13(12)15/h7-8,10-11,14,17H,3-6,9H2,1-2H3. The predicted molar refractivity (Wildman–Crippen MR) is 72.3 cm³/mol. The van der Waals surface area contributed by atoms with Gasteiger partial charge in [0.1, 0.15) is 0 Å². The molecule has 1 N–H and O–H groups in total. The zero-order chi connectivity index (χ0) is 12.7. The summed E-state index contributed by atoms with van der Waals surface area (Å²) in [4.78, 5) is 3.96. The van der Waals surface area contributed by atoms with Gasteiger partial charge in [-0.25, -0.2) is 0 Å². The monoisotopic (exact) mass is 255 g/mol. The van der Waals surface area contributed by atoms with Crippen molar-refractivity contribution in [1.82, 2.24) is 4.98 Å². The fraction of sp³-hybridized carbons (Fsp3) is 0.643. The molecule has 0 aliphatic heterocycles. The van der Waals surface area contributed by atoms with Gasteiger partial charge in [0.2, 0.25) is 0 Å². The minimum absolute atomic E-state index is 0.296. The van der Waals surface area contributed by atoms with Gasteiger partial charge in [0.05, 0.1) is 11.1 Å². The predicted octanol–water partition coefficient (Wildman–Crippen LogP) is 3.85. The number of hydrogen-bond donors (Lipinski definition) is 1. The lowest BCUT2D eigenvalue weighted by atomic mass is 9.89. The molecule has 0 spiro atoms. The molecule has 1 unspecified atom stereocenters. The Morgan fingerprint density at radius 2 is 1.94 bits per heavy atom. The summed E-state index contributed by atoms with van der Waals surface area (Å²) < 4.78 is 0. The van der Waals surface area contributed by atoms with E-state index in [0.717, 1.165) is 31.2 Å². The van der Waals surface area contributed by atoms with Crippen LogP contribution in [0.3, 0.4) is 0 Å². The molecular weight excluding hydrogens is 234 g/mol. The van der Waals surface area contributed by atoms with E-state index in [1.807, 2.05) is 6.07 Å². The van der Waals surface area contributed by atoms with Gasteiger partial charge in [-0.2, -0.15) is 0 Å². The van der Waals surface area contributed by atoms with E-state index >= 15 is 0 Å². The van der Waals surface area contributed by atoms with Gasteiger partial charge in [-0.1, -0.05) is 38.3 Å². The number of halogens is 1. The number of nitrogens with zero attached hydrogens (tertiary/aromatic N) is 1. The third-order valence-corrected chi connectivity index (χ3v) is 3.49. The van der Waals surface area contributed by atoms with Gasteiger partial charge in [0.15, 0.2) is 0 Å². The van der Waals surface area contributed by atoms with E-state index in [0.29, 0.717) is 17.4 Å². The molecule has 96 valence electrons. The first-order chi connectivity index (χ1) is 8.19. The fourth-order valence-electron chi connectivity index (χ4n) is 2.23. The van der Waals surface area contributed by atoms with Crippen LogP contribution in [-0.4, -0.2) is 16.2 Å². The minimum Gasteiger partial charge on any atom is -0.392 e. The van der Waals surface area contributed by atoms with Crippen molar-refractivity contribution in [3.8, 4) is 0 Å². The van der Waals surface area contributed by atoms with Crippen LogP contribution < -0.4 is 0 Å². The van der Waals surface area contributed by atoms with Crippen molar-refractivity contribution < 1.29 is 5.11 Å².